The van der Waals surface area contributed by atoms with Crippen LogP contribution in [-0.2, 0) is 24.3 Å². The van der Waals surface area contributed by atoms with Crippen LogP contribution in [0.2, 0.25) is 5.02 Å². The molecule has 0 spiro atoms. The van der Waals surface area contributed by atoms with E-state index in [1.807, 2.05) is 13.8 Å². The standard InChI is InChI=1S/C20H29ClN2O6S/c1-5-16(6-2)22-19(24)12-28-20(25)15-7-8-17(21)18(9-15)30(26,27)23-10-13(3)29-14(4)11-23/h7-9,13-14,16H,5-6,10-12H2,1-4H3,(H,22,24). The van der Waals surface area contributed by atoms with Gasteiger partial charge >= 0.3 is 5.97 Å². The van der Waals surface area contributed by atoms with Gasteiger partial charge in [-0.1, -0.05) is 25.4 Å². The van der Waals surface area contributed by atoms with Gasteiger partial charge in [-0.05, 0) is 44.9 Å². The van der Waals surface area contributed by atoms with E-state index in [0.717, 1.165) is 12.8 Å². The van der Waals surface area contributed by atoms with Crippen LogP contribution in [0.3, 0.4) is 0 Å². The van der Waals surface area contributed by atoms with Crippen molar-refractivity contribution in [3.63, 3.8) is 0 Å². The second-order valence-electron chi connectivity index (χ2n) is 7.38. The van der Waals surface area contributed by atoms with Crippen LogP contribution in [-0.4, -0.2) is 62.5 Å². The molecular formula is C20H29ClN2O6S. The minimum absolute atomic E-state index is 0.00247. The molecule has 0 radical (unpaired) electrons. The number of amides is 1. The van der Waals surface area contributed by atoms with Crippen molar-refractivity contribution >= 4 is 33.5 Å². The number of nitrogens with one attached hydrogen (secondary N) is 1. The summed E-state index contributed by atoms with van der Waals surface area (Å²) in [5.41, 5.74) is 0.00247. The number of hydrogen-bond acceptors (Lipinski definition) is 6. The quantitative estimate of drug-likeness (QED) is 0.598. The maximum atomic E-state index is 13.1. The first-order valence-electron chi connectivity index (χ1n) is 10.00. The molecule has 1 saturated heterocycles. The minimum Gasteiger partial charge on any atom is -0.452 e. The molecule has 1 aromatic rings. The average molecular weight is 461 g/mol. The highest BCUT2D eigenvalue weighted by Crippen LogP contribution is 2.28. The van der Waals surface area contributed by atoms with Gasteiger partial charge in [-0.2, -0.15) is 4.31 Å². The van der Waals surface area contributed by atoms with E-state index in [4.69, 9.17) is 21.1 Å². The fraction of sp³-hybridized carbons (Fsp3) is 0.600. The van der Waals surface area contributed by atoms with Gasteiger partial charge in [0, 0.05) is 19.1 Å². The molecule has 1 aliphatic heterocycles. The Morgan fingerprint density at radius 2 is 1.83 bits per heavy atom. The maximum Gasteiger partial charge on any atom is 0.338 e. The Bertz CT molecular complexity index is 862. The predicted octanol–water partition coefficient (Wildman–Crippen LogP) is 2.60. The van der Waals surface area contributed by atoms with Gasteiger partial charge in [0.25, 0.3) is 5.91 Å². The number of hydrogen-bond donors (Lipinski definition) is 1. The number of sulfonamides is 1. The Hall–Kier alpha value is -1.68. The van der Waals surface area contributed by atoms with Crippen LogP contribution in [0.25, 0.3) is 0 Å². The van der Waals surface area contributed by atoms with E-state index >= 15 is 0 Å². The maximum absolute atomic E-state index is 13.1. The Labute approximate surface area is 182 Å². The highest BCUT2D eigenvalue weighted by atomic mass is 35.5. The second-order valence-corrected chi connectivity index (χ2v) is 9.70. The Kier molecular flexibility index (Phi) is 8.66. The van der Waals surface area contributed by atoms with E-state index in [9.17, 15) is 18.0 Å². The number of nitrogens with zero attached hydrogens (tertiary/aromatic N) is 1. The zero-order valence-corrected chi connectivity index (χ0v) is 19.3. The summed E-state index contributed by atoms with van der Waals surface area (Å²) in [6, 6.07) is 3.90. The van der Waals surface area contributed by atoms with Crippen molar-refractivity contribution in [1.29, 1.82) is 0 Å². The highest BCUT2D eigenvalue weighted by molar-refractivity contribution is 7.89. The number of carbonyl (C=O) groups is 2. The van der Waals surface area contributed by atoms with Gasteiger partial charge in [0.05, 0.1) is 22.8 Å². The van der Waals surface area contributed by atoms with Crippen LogP contribution in [0.4, 0.5) is 0 Å². The summed E-state index contributed by atoms with van der Waals surface area (Å²) in [5, 5.41) is 2.77. The summed E-state index contributed by atoms with van der Waals surface area (Å²) in [6.45, 7) is 7.42. The van der Waals surface area contributed by atoms with Crippen molar-refractivity contribution in [3.05, 3.63) is 28.8 Å². The fourth-order valence-electron chi connectivity index (χ4n) is 3.27. The summed E-state index contributed by atoms with van der Waals surface area (Å²) in [4.78, 5) is 24.1. The van der Waals surface area contributed by atoms with Crippen molar-refractivity contribution in [2.24, 2.45) is 0 Å². The Morgan fingerprint density at radius 3 is 2.40 bits per heavy atom. The zero-order valence-electron chi connectivity index (χ0n) is 17.7. The number of benzene rings is 1. The number of morpholine rings is 1. The molecule has 30 heavy (non-hydrogen) atoms. The van der Waals surface area contributed by atoms with E-state index in [2.05, 4.69) is 5.32 Å². The first kappa shape index (κ1) is 24.6. The first-order chi connectivity index (χ1) is 14.1. The van der Waals surface area contributed by atoms with Gasteiger partial charge < -0.3 is 14.8 Å². The van der Waals surface area contributed by atoms with Crippen LogP contribution >= 0.6 is 11.6 Å². The molecule has 1 heterocycles. The van der Waals surface area contributed by atoms with Crippen molar-refractivity contribution in [1.82, 2.24) is 9.62 Å². The van der Waals surface area contributed by atoms with Gasteiger partial charge in [-0.3, -0.25) is 4.79 Å². The third-order valence-corrected chi connectivity index (χ3v) is 7.17. The van der Waals surface area contributed by atoms with Crippen LogP contribution in [0.15, 0.2) is 23.1 Å². The zero-order chi connectivity index (χ0) is 22.5. The normalized spacial score (nSPS) is 20.2. The van der Waals surface area contributed by atoms with Crippen LogP contribution < -0.4 is 5.32 Å². The largest absolute Gasteiger partial charge is 0.452 e. The SMILES string of the molecule is CCC(CC)NC(=O)COC(=O)c1ccc(Cl)c(S(=O)(=O)N2CC(C)OC(C)C2)c1. The minimum atomic E-state index is -3.93. The molecule has 2 atom stereocenters. The molecule has 1 N–H and O–H groups in total. The first-order valence-corrected chi connectivity index (χ1v) is 11.8. The van der Waals surface area contributed by atoms with Crippen molar-refractivity contribution in [3.8, 4) is 0 Å². The van der Waals surface area contributed by atoms with Crippen molar-refractivity contribution in [2.45, 2.75) is 63.7 Å². The Balaban J connectivity index is 2.14. The summed E-state index contributed by atoms with van der Waals surface area (Å²) in [5.74, 6) is -1.21. The summed E-state index contributed by atoms with van der Waals surface area (Å²) >= 11 is 6.14. The highest BCUT2D eigenvalue weighted by Gasteiger charge is 2.34. The second kappa shape index (κ2) is 10.6. The molecule has 0 aliphatic carbocycles. The number of carbonyl (C=O) groups excluding carboxylic acids is 2. The third-order valence-electron chi connectivity index (χ3n) is 4.86. The summed E-state index contributed by atoms with van der Waals surface area (Å²) < 4.78 is 38.1. The summed E-state index contributed by atoms with van der Waals surface area (Å²) in [6.07, 6.45) is 1.02. The van der Waals surface area contributed by atoms with Crippen LogP contribution in [0.5, 0.6) is 0 Å². The van der Waals surface area contributed by atoms with Crippen LogP contribution in [0, 0.1) is 0 Å². The molecule has 1 aromatic carbocycles. The molecule has 2 unspecified atom stereocenters. The van der Waals surface area contributed by atoms with E-state index in [1.165, 1.54) is 22.5 Å². The van der Waals surface area contributed by atoms with Crippen molar-refractivity contribution in [2.75, 3.05) is 19.7 Å². The lowest BCUT2D eigenvalue weighted by molar-refractivity contribution is -0.125. The molecule has 8 nitrogen and oxygen atoms in total. The summed E-state index contributed by atoms with van der Waals surface area (Å²) in [7, 11) is -3.93. The van der Waals surface area contributed by atoms with E-state index < -0.39 is 28.5 Å². The number of halogens is 1. The molecular weight excluding hydrogens is 432 g/mol. The lowest BCUT2D eigenvalue weighted by Crippen LogP contribution is -2.48. The lowest BCUT2D eigenvalue weighted by Gasteiger charge is -2.34. The lowest BCUT2D eigenvalue weighted by atomic mass is 10.2. The van der Waals surface area contributed by atoms with Gasteiger partial charge in [0.2, 0.25) is 10.0 Å². The molecule has 0 aromatic heterocycles. The fourth-order valence-corrected chi connectivity index (χ4v) is 5.36. The van der Waals surface area contributed by atoms with E-state index in [-0.39, 0.29) is 46.8 Å². The van der Waals surface area contributed by atoms with Gasteiger partial charge in [0.15, 0.2) is 6.61 Å². The molecule has 10 heteroatoms. The smallest absolute Gasteiger partial charge is 0.338 e. The number of ether oxygens (including phenoxy) is 2. The van der Waals surface area contributed by atoms with Crippen LogP contribution in [0.1, 0.15) is 50.9 Å². The molecule has 1 fully saturated rings. The molecule has 2 rings (SSSR count). The van der Waals surface area contributed by atoms with E-state index in [1.54, 1.807) is 13.8 Å². The van der Waals surface area contributed by atoms with E-state index in [0.29, 0.717) is 0 Å². The monoisotopic (exact) mass is 460 g/mol. The van der Waals surface area contributed by atoms with Gasteiger partial charge in [-0.15, -0.1) is 0 Å². The van der Waals surface area contributed by atoms with Gasteiger partial charge in [-0.25, -0.2) is 13.2 Å². The van der Waals surface area contributed by atoms with Crippen molar-refractivity contribution < 1.29 is 27.5 Å². The van der Waals surface area contributed by atoms with Gasteiger partial charge in [0.1, 0.15) is 4.90 Å². The molecule has 1 aliphatic rings. The Morgan fingerprint density at radius 1 is 1.23 bits per heavy atom. The molecule has 0 saturated carbocycles. The third kappa shape index (κ3) is 6.16. The number of rotatable bonds is 8. The molecule has 0 bridgehead atoms. The number of esters is 1. The average Bonchev–Trinajstić information content (AvgIpc) is 2.69. The molecule has 1 amide bonds. The molecule has 168 valence electrons. The predicted molar refractivity (Wildman–Crippen MR) is 113 cm³/mol. The topological polar surface area (TPSA) is 102 Å².